The van der Waals surface area contributed by atoms with Gasteiger partial charge in [-0.2, -0.15) is 11.3 Å². The Morgan fingerprint density at radius 2 is 1.37 bits per heavy atom. The number of carbonyl (C=O) groups excluding carboxylic acids is 1. The Bertz CT molecular complexity index is 1650. The van der Waals surface area contributed by atoms with Crippen molar-refractivity contribution in [2.24, 2.45) is 0 Å². The first-order chi connectivity index (χ1) is 16.5. The predicted octanol–water partition coefficient (Wildman–Crippen LogP) is 8.26. The summed E-state index contributed by atoms with van der Waals surface area (Å²) in [6.07, 6.45) is 1.17. The van der Waals surface area contributed by atoms with Crippen molar-refractivity contribution >= 4 is 59.7 Å². The van der Waals surface area contributed by atoms with Crippen LogP contribution in [0, 0.1) is 6.07 Å². The smallest absolute Gasteiger partial charge is 0.155 e. The molecular formula is C30H22IrNO2S-. The van der Waals surface area contributed by atoms with Gasteiger partial charge in [-0.15, -0.1) is 23.8 Å². The van der Waals surface area contributed by atoms with Gasteiger partial charge in [0.05, 0.1) is 11.3 Å². The zero-order valence-corrected chi connectivity index (χ0v) is 22.4. The number of aliphatic hydroxyl groups excluding tert-OH is 1. The van der Waals surface area contributed by atoms with E-state index in [9.17, 15) is 4.79 Å². The van der Waals surface area contributed by atoms with Crippen LogP contribution < -0.4 is 0 Å². The zero-order valence-electron chi connectivity index (χ0n) is 19.2. The molecule has 0 fully saturated rings. The van der Waals surface area contributed by atoms with Gasteiger partial charge in [-0.25, -0.2) is 0 Å². The van der Waals surface area contributed by atoms with Crippen molar-refractivity contribution in [3.8, 4) is 10.6 Å². The molecule has 1 heterocycles. The summed E-state index contributed by atoms with van der Waals surface area (Å²) in [4.78, 5) is 14.8. The van der Waals surface area contributed by atoms with Gasteiger partial charge in [0.2, 0.25) is 0 Å². The number of para-hydroxylation sites is 1. The van der Waals surface area contributed by atoms with Gasteiger partial charge >= 0.3 is 0 Å². The van der Waals surface area contributed by atoms with Gasteiger partial charge in [-0.3, -0.25) is 9.78 Å². The molecule has 0 saturated carbocycles. The molecule has 35 heavy (non-hydrogen) atoms. The van der Waals surface area contributed by atoms with E-state index in [2.05, 4.69) is 84.9 Å². The number of ketones is 1. The van der Waals surface area contributed by atoms with Crippen molar-refractivity contribution in [1.29, 1.82) is 0 Å². The van der Waals surface area contributed by atoms with Gasteiger partial charge in [-0.05, 0) is 42.1 Å². The van der Waals surface area contributed by atoms with Crippen molar-refractivity contribution in [2.45, 2.75) is 13.8 Å². The largest absolute Gasteiger partial charge is 0.512 e. The Morgan fingerprint density at radius 1 is 0.829 bits per heavy atom. The van der Waals surface area contributed by atoms with E-state index < -0.39 is 0 Å². The summed E-state index contributed by atoms with van der Waals surface area (Å²) < 4.78 is 1.21. The number of hydrogen-bond acceptors (Lipinski definition) is 4. The van der Waals surface area contributed by atoms with Crippen LogP contribution in [0.3, 0.4) is 0 Å². The number of aromatic nitrogens is 1. The van der Waals surface area contributed by atoms with Crippen LogP contribution >= 0.6 is 11.3 Å². The first kappa shape index (κ1) is 24.7. The van der Waals surface area contributed by atoms with Crippen LogP contribution in [0.4, 0.5) is 0 Å². The summed E-state index contributed by atoms with van der Waals surface area (Å²) >= 11 is 1.73. The quantitative estimate of drug-likeness (QED) is 0.0887. The molecule has 0 saturated heterocycles. The topological polar surface area (TPSA) is 50.2 Å². The van der Waals surface area contributed by atoms with Crippen molar-refractivity contribution in [3.63, 3.8) is 0 Å². The molecule has 6 aromatic rings. The van der Waals surface area contributed by atoms with E-state index in [0.29, 0.717) is 0 Å². The first-order valence-corrected chi connectivity index (χ1v) is 11.8. The normalized spacial score (nSPS) is 11.3. The maximum absolute atomic E-state index is 10.0. The van der Waals surface area contributed by atoms with E-state index in [-0.39, 0.29) is 31.6 Å². The maximum Gasteiger partial charge on any atom is 0.155 e. The molecule has 0 unspecified atom stereocenters. The molecule has 1 aromatic heterocycles. The maximum atomic E-state index is 10.0. The Hall–Kier alpha value is -3.37. The molecule has 0 bridgehead atoms. The van der Waals surface area contributed by atoms with E-state index >= 15 is 0 Å². The number of fused-ring (bicyclic) bond motifs is 7. The van der Waals surface area contributed by atoms with E-state index in [0.717, 1.165) is 16.1 Å². The summed E-state index contributed by atoms with van der Waals surface area (Å²) in [5, 5.41) is 17.0. The molecule has 175 valence electrons. The number of nitrogens with zero attached hydrogens (tertiary/aromatic N) is 1. The summed E-state index contributed by atoms with van der Waals surface area (Å²) in [5.41, 5.74) is 2.11. The molecular weight excluding hydrogens is 631 g/mol. The van der Waals surface area contributed by atoms with Crippen LogP contribution in [0.1, 0.15) is 13.8 Å². The van der Waals surface area contributed by atoms with Crippen LogP contribution in [0.2, 0.25) is 0 Å². The van der Waals surface area contributed by atoms with Crippen LogP contribution in [-0.2, 0) is 24.9 Å². The molecule has 3 nitrogen and oxygen atoms in total. The second kappa shape index (κ2) is 10.5. The van der Waals surface area contributed by atoms with Crippen LogP contribution in [0.25, 0.3) is 53.1 Å². The van der Waals surface area contributed by atoms with Crippen LogP contribution in [0.5, 0.6) is 0 Å². The third-order valence-electron chi connectivity index (χ3n) is 5.61. The predicted molar refractivity (Wildman–Crippen MR) is 143 cm³/mol. The van der Waals surface area contributed by atoms with Gasteiger partial charge in [0, 0.05) is 35.9 Å². The van der Waals surface area contributed by atoms with Gasteiger partial charge in [0.15, 0.2) is 5.78 Å². The fourth-order valence-electron chi connectivity index (χ4n) is 4.25. The van der Waals surface area contributed by atoms with Crippen molar-refractivity contribution in [2.75, 3.05) is 0 Å². The third-order valence-corrected chi connectivity index (χ3v) is 6.68. The Morgan fingerprint density at radius 3 is 1.91 bits per heavy atom. The second-order valence-electron chi connectivity index (χ2n) is 8.15. The molecule has 0 aliphatic rings. The van der Waals surface area contributed by atoms with E-state index in [1.165, 1.54) is 56.9 Å². The van der Waals surface area contributed by atoms with E-state index in [1.54, 1.807) is 11.3 Å². The summed E-state index contributed by atoms with van der Waals surface area (Å²) in [6, 6.07) is 33.5. The number of rotatable bonds is 2. The third kappa shape index (κ3) is 5.03. The van der Waals surface area contributed by atoms with Crippen molar-refractivity contribution in [3.05, 3.63) is 103 Å². The molecule has 0 atom stereocenters. The standard InChI is InChI=1S/C25H14NS.C5H8O2.Ir/c1-2-9-19-17(7-1)18-8-3-4-10-20(18)22-15-16(13-14-21(19)22)25-26-23-11-5-6-12-24(23)27-25;1-4(6)3-5(2)7;/h1-12,14-15H;3,6H,1-2H3;/q-1;;. The van der Waals surface area contributed by atoms with Gasteiger partial charge in [-0.1, -0.05) is 76.8 Å². The molecule has 1 radical (unpaired) electrons. The number of aliphatic hydroxyl groups is 1. The average Bonchev–Trinajstić information content (AvgIpc) is 3.28. The molecule has 0 aliphatic carbocycles. The molecule has 5 aromatic carbocycles. The molecule has 0 spiro atoms. The first-order valence-electron chi connectivity index (χ1n) is 11.0. The van der Waals surface area contributed by atoms with Gasteiger partial charge < -0.3 is 5.11 Å². The van der Waals surface area contributed by atoms with E-state index in [1.807, 2.05) is 6.07 Å². The van der Waals surface area contributed by atoms with Gasteiger partial charge in [0.25, 0.3) is 0 Å². The summed E-state index contributed by atoms with van der Waals surface area (Å²) in [7, 11) is 0. The average molecular weight is 653 g/mol. The fraction of sp³-hybridized carbons (Fsp3) is 0.0667. The number of carbonyl (C=O) groups is 1. The number of benzene rings is 5. The minimum absolute atomic E-state index is 0. The van der Waals surface area contributed by atoms with Crippen molar-refractivity contribution < 1.29 is 30.0 Å². The zero-order chi connectivity index (χ0) is 23.7. The summed E-state index contributed by atoms with van der Waals surface area (Å²) in [5.74, 6) is -0.0625. The monoisotopic (exact) mass is 653 g/mol. The molecule has 1 N–H and O–H groups in total. The molecule has 0 aliphatic heterocycles. The SMILES string of the molecule is CC(=O)C=C(C)O.[Ir].[c-]1cc2c3ccccc3c3ccccc3c2cc1-c1nc2ccccc2s1. The Labute approximate surface area is 221 Å². The van der Waals surface area contributed by atoms with Crippen molar-refractivity contribution in [1.82, 2.24) is 4.98 Å². The summed E-state index contributed by atoms with van der Waals surface area (Å²) in [6.45, 7) is 2.85. The number of hydrogen-bond donors (Lipinski definition) is 1. The van der Waals surface area contributed by atoms with Crippen LogP contribution in [0.15, 0.2) is 96.8 Å². The fourth-order valence-corrected chi connectivity index (χ4v) is 5.19. The number of thiazole rings is 1. The Balaban J connectivity index is 0.000000320. The molecule has 5 heteroatoms. The Kier molecular flexibility index (Phi) is 7.42. The van der Waals surface area contributed by atoms with E-state index in [4.69, 9.17) is 10.1 Å². The second-order valence-corrected chi connectivity index (χ2v) is 9.18. The number of allylic oxidation sites excluding steroid dienone is 2. The molecule has 6 rings (SSSR count). The minimum Gasteiger partial charge on any atom is -0.512 e. The molecule has 0 amide bonds. The minimum atomic E-state index is -0.125. The van der Waals surface area contributed by atoms with Crippen LogP contribution in [-0.4, -0.2) is 15.9 Å². The van der Waals surface area contributed by atoms with Gasteiger partial charge in [0.1, 0.15) is 0 Å².